The van der Waals surface area contributed by atoms with E-state index >= 15 is 0 Å². The van der Waals surface area contributed by atoms with E-state index in [0.717, 1.165) is 0 Å². The molecular formula is C16H20. The molecule has 0 aliphatic heterocycles. The lowest BCUT2D eigenvalue weighted by Crippen LogP contribution is -2.03. The molecule has 2 rings (SSSR count). The van der Waals surface area contributed by atoms with Crippen LogP contribution in [-0.4, -0.2) is 0 Å². The highest BCUT2D eigenvalue weighted by molar-refractivity contribution is 5.78. The van der Waals surface area contributed by atoms with Gasteiger partial charge in [0, 0.05) is 0 Å². The van der Waals surface area contributed by atoms with Crippen molar-refractivity contribution in [3.05, 3.63) is 53.1 Å². The van der Waals surface area contributed by atoms with E-state index in [1.54, 1.807) is 5.57 Å². The molecule has 0 saturated carbocycles. The van der Waals surface area contributed by atoms with E-state index in [2.05, 4.69) is 57.2 Å². The maximum Gasteiger partial charge on any atom is -0.0184 e. The lowest BCUT2D eigenvalue weighted by atomic mass is 9.84. The first-order valence-electron chi connectivity index (χ1n) is 6.14. The third-order valence-corrected chi connectivity index (χ3v) is 3.31. The molecule has 0 atom stereocenters. The molecule has 0 saturated heterocycles. The number of hydrogen-bond acceptors (Lipinski definition) is 0. The summed E-state index contributed by atoms with van der Waals surface area (Å²) in [4.78, 5) is 0. The highest BCUT2D eigenvalue weighted by Crippen LogP contribution is 2.34. The van der Waals surface area contributed by atoms with Gasteiger partial charge < -0.3 is 0 Å². The molecule has 0 bridgehead atoms. The van der Waals surface area contributed by atoms with Gasteiger partial charge in [-0.2, -0.15) is 0 Å². The molecule has 0 heterocycles. The summed E-state index contributed by atoms with van der Waals surface area (Å²) in [6.45, 7) is 6.83. The first kappa shape index (κ1) is 11.2. The molecule has 1 aromatic rings. The van der Waals surface area contributed by atoms with Crippen LogP contribution in [0.3, 0.4) is 0 Å². The molecule has 0 fully saturated rings. The second kappa shape index (κ2) is 4.69. The van der Waals surface area contributed by atoms with Crippen molar-refractivity contribution in [2.75, 3.05) is 0 Å². The molecule has 0 amide bonds. The summed E-state index contributed by atoms with van der Waals surface area (Å²) in [6, 6.07) is 10.8. The van der Waals surface area contributed by atoms with Gasteiger partial charge in [0.15, 0.2) is 0 Å². The van der Waals surface area contributed by atoms with Crippen molar-refractivity contribution >= 4 is 5.57 Å². The summed E-state index contributed by atoms with van der Waals surface area (Å²) < 4.78 is 0. The van der Waals surface area contributed by atoms with Crippen LogP contribution in [0.25, 0.3) is 5.57 Å². The lowest BCUT2D eigenvalue weighted by molar-refractivity contribution is 0.705. The molecule has 1 aliphatic carbocycles. The van der Waals surface area contributed by atoms with E-state index in [4.69, 9.17) is 0 Å². The van der Waals surface area contributed by atoms with Gasteiger partial charge in [-0.3, -0.25) is 0 Å². The fraction of sp³-hybridized carbons (Fsp3) is 0.375. The molecule has 0 heteroatoms. The third-order valence-electron chi connectivity index (χ3n) is 3.31. The van der Waals surface area contributed by atoms with Gasteiger partial charge in [-0.15, -0.1) is 0 Å². The maximum atomic E-state index is 2.37. The average molecular weight is 212 g/mol. The van der Waals surface area contributed by atoms with Crippen molar-refractivity contribution < 1.29 is 0 Å². The van der Waals surface area contributed by atoms with Crippen LogP contribution < -0.4 is 0 Å². The Morgan fingerprint density at radius 2 is 1.69 bits per heavy atom. The molecule has 1 aromatic carbocycles. The number of rotatable bonds is 2. The van der Waals surface area contributed by atoms with E-state index in [-0.39, 0.29) is 0 Å². The molecule has 0 nitrogen and oxygen atoms in total. The largest absolute Gasteiger partial charge is 0.0724 e. The summed E-state index contributed by atoms with van der Waals surface area (Å²) in [7, 11) is 0. The van der Waals surface area contributed by atoms with Gasteiger partial charge in [-0.05, 0) is 36.8 Å². The standard InChI is InChI=1S/C16H20/c1-12(2)15-10-9-13(3)11-16(15)14-7-5-4-6-8-14/h4-8,11-12H,9-10H2,1-3H3. The minimum atomic E-state index is 0.652. The van der Waals surface area contributed by atoms with Gasteiger partial charge in [0.05, 0.1) is 0 Å². The van der Waals surface area contributed by atoms with Crippen LogP contribution in [-0.2, 0) is 0 Å². The highest BCUT2D eigenvalue weighted by Gasteiger charge is 2.15. The van der Waals surface area contributed by atoms with E-state index in [9.17, 15) is 0 Å². The van der Waals surface area contributed by atoms with Crippen molar-refractivity contribution in [1.82, 2.24) is 0 Å². The summed E-state index contributed by atoms with van der Waals surface area (Å²) in [5.74, 6) is 0.652. The van der Waals surface area contributed by atoms with E-state index in [1.165, 1.54) is 29.6 Å². The predicted octanol–water partition coefficient (Wildman–Crippen LogP) is 4.84. The first-order valence-corrected chi connectivity index (χ1v) is 6.14. The SMILES string of the molecule is CC1=CC(c2ccccc2)=C(C(C)C)CC1. The average Bonchev–Trinajstić information content (AvgIpc) is 2.29. The molecular weight excluding hydrogens is 192 g/mol. The van der Waals surface area contributed by atoms with Gasteiger partial charge in [0.25, 0.3) is 0 Å². The Morgan fingerprint density at radius 1 is 1.00 bits per heavy atom. The Hall–Kier alpha value is -1.30. The Morgan fingerprint density at radius 3 is 2.31 bits per heavy atom. The maximum absolute atomic E-state index is 2.37. The topological polar surface area (TPSA) is 0 Å². The van der Waals surface area contributed by atoms with Gasteiger partial charge in [-0.25, -0.2) is 0 Å². The number of hydrogen-bond donors (Lipinski definition) is 0. The first-order chi connectivity index (χ1) is 7.68. The van der Waals surface area contributed by atoms with Gasteiger partial charge in [0.2, 0.25) is 0 Å². The highest BCUT2D eigenvalue weighted by atomic mass is 14.2. The Labute approximate surface area is 98.7 Å². The van der Waals surface area contributed by atoms with Gasteiger partial charge in [-0.1, -0.05) is 61.4 Å². The molecule has 1 aliphatic rings. The second-order valence-corrected chi connectivity index (χ2v) is 4.95. The van der Waals surface area contributed by atoms with E-state index < -0.39 is 0 Å². The summed E-state index contributed by atoms with van der Waals surface area (Å²) in [5, 5.41) is 0. The Bertz CT molecular complexity index is 419. The van der Waals surface area contributed by atoms with Crippen molar-refractivity contribution in [2.24, 2.45) is 5.92 Å². The fourth-order valence-electron chi connectivity index (χ4n) is 2.36. The van der Waals surface area contributed by atoms with Gasteiger partial charge >= 0.3 is 0 Å². The van der Waals surface area contributed by atoms with Crippen LogP contribution in [0.4, 0.5) is 0 Å². The van der Waals surface area contributed by atoms with Crippen molar-refractivity contribution in [3.63, 3.8) is 0 Å². The third kappa shape index (κ3) is 2.27. The molecule has 0 spiro atoms. The Kier molecular flexibility index (Phi) is 3.28. The molecule has 0 N–H and O–H groups in total. The van der Waals surface area contributed by atoms with Crippen molar-refractivity contribution in [3.8, 4) is 0 Å². The summed E-state index contributed by atoms with van der Waals surface area (Å²) in [6.07, 6.45) is 4.82. The molecule has 84 valence electrons. The van der Waals surface area contributed by atoms with Crippen LogP contribution in [0.15, 0.2) is 47.6 Å². The summed E-state index contributed by atoms with van der Waals surface area (Å²) >= 11 is 0. The van der Waals surface area contributed by atoms with Crippen LogP contribution >= 0.6 is 0 Å². The molecule has 16 heavy (non-hydrogen) atoms. The van der Waals surface area contributed by atoms with Crippen molar-refractivity contribution in [1.29, 1.82) is 0 Å². The smallest absolute Gasteiger partial charge is 0.0184 e. The number of allylic oxidation sites excluding steroid dienone is 4. The zero-order valence-corrected chi connectivity index (χ0v) is 10.5. The monoisotopic (exact) mass is 212 g/mol. The fourth-order valence-corrected chi connectivity index (χ4v) is 2.36. The minimum Gasteiger partial charge on any atom is -0.0724 e. The number of benzene rings is 1. The normalized spacial score (nSPS) is 16.6. The van der Waals surface area contributed by atoms with Crippen LogP contribution in [0.5, 0.6) is 0 Å². The molecule has 0 radical (unpaired) electrons. The second-order valence-electron chi connectivity index (χ2n) is 4.95. The predicted molar refractivity (Wildman–Crippen MR) is 71.2 cm³/mol. The van der Waals surface area contributed by atoms with E-state index in [0.29, 0.717) is 5.92 Å². The van der Waals surface area contributed by atoms with Gasteiger partial charge in [0.1, 0.15) is 0 Å². The molecule has 0 unspecified atom stereocenters. The van der Waals surface area contributed by atoms with Crippen LogP contribution in [0.2, 0.25) is 0 Å². The Balaban J connectivity index is 2.49. The quantitative estimate of drug-likeness (QED) is 0.658. The van der Waals surface area contributed by atoms with Crippen LogP contribution in [0.1, 0.15) is 39.2 Å². The zero-order chi connectivity index (χ0) is 11.5. The van der Waals surface area contributed by atoms with Crippen LogP contribution in [0, 0.1) is 5.92 Å². The minimum absolute atomic E-state index is 0.652. The van der Waals surface area contributed by atoms with Crippen molar-refractivity contribution in [2.45, 2.75) is 33.6 Å². The lowest BCUT2D eigenvalue weighted by Gasteiger charge is -2.22. The zero-order valence-electron chi connectivity index (χ0n) is 10.5. The summed E-state index contributed by atoms with van der Waals surface area (Å²) in [5.41, 5.74) is 5.93. The molecule has 0 aromatic heterocycles. The van der Waals surface area contributed by atoms with E-state index in [1.807, 2.05) is 0 Å².